The summed E-state index contributed by atoms with van der Waals surface area (Å²) in [6.07, 6.45) is 48.3. The number of carbonyl (C=O) groups is 2. The van der Waals surface area contributed by atoms with Gasteiger partial charge in [-0.2, -0.15) is 0 Å². The summed E-state index contributed by atoms with van der Waals surface area (Å²) in [5.74, 6) is 13.3. The summed E-state index contributed by atoms with van der Waals surface area (Å²) >= 11 is 0. The number of ketones is 2. The van der Waals surface area contributed by atoms with Crippen molar-refractivity contribution in [2.24, 2.45) is 121 Å². The predicted molar refractivity (Wildman–Crippen MR) is 267 cm³/mol. The van der Waals surface area contributed by atoms with Gasteiger partial charge in [-0.1, -0.05) is 78.9 Å². The number of hydrogen-bond donors (Lipinski definition) is 0. The molecule has 21 atom stereocenters. The van der Waals surface area contributed by atoms with Gasteiger partial charge in [0, 0.05) is 17.8 Å². The second-order valence-corrected chi connectivity index (χ2v) is 29.1. The van der Waals surface area contributed by atoms with Gasteiger partial charge in [0.2, 0.25) is 0 Å². The molecule has 360 valence electrons. The summed E-state index contributed by atoms with van der Waals surface area (Å²) in [6, 6.07) is 0. The molecule has 0 N–H and O–H groups in total. The van der Waals surface area contributed by atoms with E-state index in [2.05, 4.69) is 47.6 Å². The molecule has 0 aliphatic heterocycles. The highest BCUT2D eigenvalue weighted by Gasteiger charge is 2.63. The van der Waals surface area contributed by atoms with Crippen molar-refractivity contribution in [1.82, 2.24) is 0 Å². The summed E-state index contributed by atoms with van der Waals surface area (Å²) in [4.78, 5) is 27.9. The number of fused-ring (bicyclic) bond motifs is 15. The molecule has 0 heterocycles. The van der Waals surface area contributed by atoms with Gasteiger partial charge in [0.25, 0.3) is 0 Å². The lowest BCUT2D eigenvalue weighted by Crippen LogP contribution is -2.52. The zero-order valence-electron chi connectivity index (χ0n) is 42.9. The van der Waals surface area contributed by atoms with E-state index >= 15 is 4.79 Å². The maximum absolute atomic E-state index is 15.4. The highest BCUT2D eigenvalue weighted by atomic mass is 16.1. The van der Waals surface area contributed by atoms with Crippen LogP contribution in [0.2, 0.25) is 0 Å². The van der Waals surface area contributed by atoms with E-state index in [1.165, 1.54) is 179 Å². The summed E-state index contributed by atoms with van der Waals surface area (Å²) in [5, 5.41) is 0. The van der Waals surface area contributed by atoms with Gasteiger partial charge in [-0.3, -0.25) is 9.59 Å². The highest BCUT2D eigenvalue weighted by Crippen LogP contribution is 2.71. The van der Waals surface area contributed by atoms with Gasteiger partial charge in [-0.25, -0.2) is 0 Å². The van der Waals surface area contributed by atoms with E-state index in [4.69, 9.17) is 0 Å². The van der Waals surface area contributed by atoms with Crippen molar-refractivity contribution in [3.63, 3.8) is 0 Å². The molecule has 11 saturated carbocycles. The first-order valence-corrected chi connectivity index (χ1v) is 29.7. The zero-order chi connectivity index (χ0) is 44.7. The maximum atomic E-state index is 15.4. The molecule has 2 nitrogen and oxygen atoms in total. The Hall–Kier alpha value is -1.18. The molecule has 0 amide bonds. The van der Waals surface area contributed by atoms with Crippen molar-refractivity contribution in [1.29, 1.82) is 0 Å². The first-order chi connectivity index (χ1) is 31.2. The van der Waals surface area contributed by atoms with Crippen LogP contribution in [0, 0.1) is 121 Å². The van der Waals surface area contributed by atoms with Gasteiger partial charge in [0.15, 0.2) is 5.78 Å². The second kappa shape index (κ2) is 16.2. The van der Waals surface area contributed by atoms with Crippen molar-refractivity contribution in [3.05, 3.63) is 23.8 Å². The van der Waals surface area contributed by atoms with E-state index in [-0.39, 0.29) is 22.5 Å². The van der Waals surface area contributed by atoms with Crippen LogP contribution in [-0.2, 0) is 9.59 Å². The van der Waals surface area contributed by atoms with Crippen LogP contribution in [0.3, 0.4) is 0 Å². The first-order valence-electron chi connectivity index (χ1n) is 29.7. The molecule has 12 aliphatic rings. The average Bonchev–Trinajstić information content (AvgIpc) is 3.94. The summed E-state index contributed by atoms with van der Waals surface area (Å²) in [6.45, 7) is 16.2. The van der Waals surface area contributed by atoms with Crippen LogP contribution in [0.15, 0.2) is 23.8 Å². The van der Waals surface area contributed by atoms with Gasteiger partial charge >= 0.3 is 0 Å². The van der Waals surface area contributed by atoms with Crippen LogP contribution in [0.5, 0.6) is 0 Å². The lowest BCUT2D eigenvalue weighted by atomic mass is 9.44. The fourth-order valence-corrected chi connectivity index (χ4v) is 24.0. The van der Waals surface area contributed by atoms with Crippen molar-refractivity contribution < 1.29 is 9.59 Å². The molecular formula is C63H96O2. The Labute approximate surface area is 398 Å². The lowest BCUT2D eigenvalue weighted by Gasteiger charge is -2.60. The summed E-state index contributed by atoms with van der Waals surface area (Å²) in [5.41, 5.74) is 3.86. The largest absolute Gasteiger partial charge is 0.299 e. The van der Waals surface area contributed by atoms with E-state index < -0.39 is 0 Å². The van der Waals surface area contributed by atoms with E-state index in [9.17, 15) is 4.79 Å². The molecule has 0 saturated heterocycles. The number of rotatable bonds is 8. The van der Waals surface area contributed by atoms with Crippen LogP contribution in [0.4, 0.5) is 0 Å². The third-order valence-corrected chi connectivity index (χ3v) is 27.5. The van der Waals surface area contributed by atoms with E-state index in [0.29, 0.717) is 51.1 Å². The maximum Gasteiger partial charge on any atom is 0.178 e. The second-order valence-electron chi connectivity index (χ2n) is 29.1. The molecule has 11 fully saturated rings. The molecule has 12 rings (SSSR count). The molecule has 12 aliphatic carbocycles. The van der Waals surface area contributed by atoms with Crippen molar-refractivity contribution >= 4 is 11.6 Å². The van der Waals surface area contributed by atoms with Crippen LogP contribution in [0.25, 0.3) is 0 Å². The highest BCUT2D eigenvalue weighted by molar-refractivity contribution is 6.01. The Bertz CT molecular complexity index is 1920. The van der Waals surface area contributed by atoms with Crippen LogP contribution in [-0.4, -0.2) is 11.6 Å². The molecule has 3 unspecified atom stereocenters. The van der Waals surface area contributed by atoms with Gasteiger partial charge in [0.05, 0.1) is 0 Å². The van der Waals surface area contributed by atoms with Crippen LogP contribution < -0.4 is 0 Å². The monoisotopic (exact) mass is 885 g/mol. The van der Waals surface area contributed by atoms with Gasteiger partial charge < -0.3 is 0 Å². The van der Waals surface area contributed by atoms with Crippen molar-refractivity contribution in [2.75, 3.05) is 0 Å². The zero-order valence-corrected chi connectivity index (χ0v) is 42.9. The minimum absolute atomic E-state index is 0.0373. The molecule has 0 aromatic rings. The van der Waals surface area contributed by atoms with Gasteiger partial charge in [-0.05, 0) is 283 Å². The fraction of sp³-hybridized carbons (Fsp3) is 0.905. The third-order valence-electron chi connectivity index (χ3n) is 27.5. The molecule has 0 aromatic carbocycles. The van der Waals surface area contributed by atoms with E-state index in [1.807, 2.05) is 12.2 Å². The normalized spacial score (nSPS) is 54.6. The predicted octanol–water partition coefficient (Wildman–Crippen LogP) is 16.8. The summed E-state index contributed by atoms with van der Waals surface area (Å²) in [7, 11) is 0. The van der Waals surface area contributed by atoms with Crippen molar-refractivity contribution in [3.8, 4) is 0 Å². The SMILES string of the molecule is C[C@]12CC[C@H]3[C@@H](CCC4CCCC[C@@]43C)[C@@H]1CC[C@@H]2CCC(CC(=O)[C@H]1CC[C@H]2[C@@H]3CCC4=CC(=O)C=C[C@]4(C)[C@H]3CC[C@]12C)C[C@H]1CC[C@H]2[C@@H]3CCC4CCCC[C@]4(C)[C@H]3CC[C@]12C. The Morgan fingerprint density at radius 3 is 1.74 bits per heavy atom. The fourth-order valence-electron chi connectivity index (χ4n) is 24.0. The Kier molecular flexibility index (Phi) is 11.2. The smallest absolute Gasteiger partial charge is 0.178 e. The topological polar surface area (TPSA) is 34.1 Å². The van der Waals surface area contributed by atoms with E-state index in [0.717, 1.165) is 78.4 Å². The number of Topliss-reactive ketones (excluding diaryl/α,β-unsaturated/α-hetero) is 1. The molecule has 65 heavy (non-hydrogen) atoms. The number of hydrogen-bond acceptors (Lipinski definition) is 2. The minimum Gasteiger partial charge on any atom is -0.299 e. The Morgan fingerprint density at radius 2 is 1.08 bits per heavy atom. The molecule has 0 spiro atoms. The summed E-state index contributed by atoms with van der Waals surface area (Å²) < 4.78 is 0. The molecule has 2 heteroatoms. The molecular weight excluding hydrogens is 789 g/mol. The standard InChI is InChI=1S/C63H96O2/c1-58-31-9-7-11-41(58)15-20-47-50-23-18-43(60(50,3)34-28-53(47)58)14-13-40(37-44-19-24-51-48-21-16-42-12-8-10-32-59(42,2)54(48)29-35-62(44,51)5)38-57(65)56-26-25-52-49-22-17-45-39-46(64)27-33-61(45,4)55(49)30-36-63(52,56)6/h27,33,39-44,47-56H,7-26,28-32,34-38H2,1-6H3/t40?,41?,42?,43-,44+,47-,48-,49-,50-,51-,52-,53-,54-,55-,56+,58-,59-,60+,61-,62+,63-/m0/s1. The van der Waals surface area contributed by atoms with Gasteiger partial charge in [0.1, 0.15) is 5.78 Å². The number of allylic oxidation sites excluding steroid dienone is 4. The Morgan fingerprint density at radius 1 is 0.538 bits per heavy atom. The minimum atomic E-state index is 0.0373. The van der Waals surface area contributed by atoms with Crippen LogP contribution in [0.1, 0.15) is 234 Å². The van der Waals surface area contributed by atoms with Gasteiger partial charge in [-0.15, -0.1) is 0 Å². The molecule has 0 radical (unpaired) electrons. The van der Waals surface area contributed by atoms with Crippen LogP contribution >= 0.6 is 0 Å². The Balaban J connectivity index is 0.775. The molecule has 0 bridgehead atoms. The third kappa shape index (κ3) is 6.73. The molecule has 0 aromatic heterocycles. The van der Waals surface area contributed by atoms with E-state index in [1.54, 1.807) is 0 Å². The quantitative estimate of drug-likeness (QED) is 0.243. The number of carbonyl (C=O) groups excluding carboxylic acids is 2. The average molecular weight is 885 g/mol. The first kappa shape index (κ1) is 45.0. The van der Waals surface area contributed by atoms with Crippen molar-refractivity contribution in [2.45, 2.75) is 234 Å². The lowest BCUT2D eigenvalue weighted by molar-refractivity contribution is -0.131.